The van der Waals surface area contributed by atoms with Gasteiger partial charge >= 0.3 is 0 Å². The normalized spacial score (nSPS) is 11.2. The number of nitrogens with one attached hydrogen (secondary N) is 1. The molecule has 0 saturated carbocycles. The predicted octanol–water partition coefficient (Wildman–Crippen LogP) is 5.04. The number of benzene rings is 2. The lowest BCUT2D eigenvalue weighted by Crippen LogP contribution is -2.09. The molecule has 0 aliphatic heterocycles. The Bertz CT molecular complexity index is 773. The number of rotatable bonds is 8. The molecule has 0 aliphatic rings. The fraction of sp³-hybridized carbons (Fsp3) is 0.250. The molecule has 26 heavy (non-hydrogen) atoms. The van der Waals surface area contributed by atoms with Crippen molar-refractivity contribution in [2.24, 2.45) is 0 Å². The highest BCUT2D eigenvalue weighted by molar-refractivity contribution is 7.98. The van der Waals surface area contributed by atoms with Crippen LogP contribution in [0.25, 0.3) is 0 Å². The highest BCUT2D eigenvalue weighted by Gasteiger charge is 2.15. The Morgan fingerprint density at radius 3 is 2.08 bits per heavy atom. The van der Waals surface area contributed by atoms with Crippen LogP contribution in [0.1, 0.15) is 28.6 Å². The first-order chi connectivity index (χ1) is 12.6. The van der Waals surface area contributed by atoms with Crippen molar-refractivity contribution in [3.05, 3.63) is 89.0 Å². The van der Waals surface area contributed by atoms with Crippen LogP contribution in [0, 0.1) is 18.6 Å². The minimum absolute atomic E-state index is 0.295. The van der Waals surface area contributed by atoms with E-state index >= 15 is 0 Å². The van der Waals surface area contributed by atoms with Gasteiger partial charge < -0.3 is 9.72 Å². The van der Waals surface area contributed by atoms with E-state index in [0.29, 0.717) is 6.61 Å². The van der Waals surface area contributed by atoms with Gasteiger partial charge in [0.25, 0.3) is 0 Å². The average molecular weight is 374 g/mol. The first-order valence-corrected chi connectivity index (χ1v) is 9.48. The summed E-state index contributed by atoms with van der Waals surface area (Å²) >= 11 is 1.73. The Morgan fingerprint density at radius 1 is 1.00 bits per heavy atom. The van der Waals surface area contributed by atoms with E-state index in [1.165, 1.54) is 24.3 Å². The fourth-order valence-corrected chi connectivity index (χ4v) is 3.43. The largest absolute Gasteiger partial charge is 0.368 e. The number of ether oxygens (including phenoxy) is 1. The van der Waals surface area contributed by atoms with Crippen molar-refractivity contribution >= 4 is 11.8 Å². The highest BCUT2D eigenvalue weighted by Crippen LogP contribution is 2.27. The Labute approximate surface area is 155 Å². The summed E-state index contributed by atoms with van der Waals surface area (Å²) in [7, 11) is 0. The Hall–Kier alpha value is -2.18. The summed E-state index contributed by atoms with van der Waals surface area (Å²) in [5.41, 5.74) is 3.80. The lowest BCUT2D eigenvalue weighted by Gasteiger charge is -2.19. The van der Waals surface area contributed by atoms with E-state index in [1.807, 2.05) is 6.92 Å². The fourth-order valence-electron chi connectivity index (χ4n) is 2.59. The molecule has 6 heteroatoms. The number of H-pyrrole nitrogens is 1. The summed E-state index contributed by atoms with van der Waals surface area (Å²) in [6.07, 6.45) is 1.34. The number of aryl methyl sites for hydroxylation is 1. The molecule has 1 heterocycles. The molecule has 3 rings (SSSR count). The van der Waals surface area contributed by atoms with Crippen molar-refractivity contribution in [3.63, 3.8) is 0 Å². The summed E-state index contributed by atoms with van der Waals surface area (Å²) in [6.45, 7) is 2.52. The van der Waals surface area contributed by atoms with Crippen LogP contribution in [-0.2, 0) is 10.5 Å². The monoisotopic (exact) mass is 374 g/mol. The number of hydrogen-bond donors (Lipinski definition) is 1. The molecule has 3 nitrogen and oxygen atoms in total. The van der Waals surface area contributed by atoms with Crippen molar-refractivity contribution in [2.45, 2.75) is 18.8 Å². The zero-order chi connectivity index (χ0) is 18.4. The first-order valence-electron chi connectivity index (χ1n) is 8.32. The van der Waals surface area contributed by atoms with Gasteiger partial charge in [-0.1, -0.05) is 24.3 Å². The van der Waals surface area contributed by atoms with Crippen molar-refractivity contribution in [3.8, 4) is 0 Å². The molecule has 0 bridgehead atoms. The van der Waals surface area contributed by atoms with Gasteiger partial charge in [0.05, 0.1) is 18.6 Å². The zero-order valence-electron chi connectivity index (χ0n) is 14.4. The molecule has 0 spiro atoms. The van der Waals surface area contributed by atoms with Gasteiger partial charge in [-0.2, -0.15) is 11.8 Å². The standard InChI is InChI=1S/C20H20F2N2OS/c1-14-19(24-13-23-14)12-26-11-10-25-20(15-2-6-17(21)7-3-15)16-4-8-18(22)9-5-16/h2-9,13,20H,10-12H2,1H3,(H,23,24). The third kappa shape index (κ3) is 4.93. The number of hydrogen-bond acceptors (Lipinski definition) is 3. The molecule has 0 radical (unpaired) electrons. The minimum Gasteiger partial charge on any atom is -0.368 e. The van der Waals surface area contributed by atoms with Gasteiger partial charge in [0.2, 0.25) is 0 Å². The molecule has 0 amide bonds. The molecule has 0 saturated heterocycles. The van der Waals surface area contributed by atoms with Crippen LogP contribution >= 0.6 is 11.8 Å². The maximum atomic E-state index is 13.2. The molecular weight excluding hydrogens is 354 g/mol. The van der Waals surface area contributed by atoms with Gasteiger partial charge in [-0.3, -0.25) is 0 Å². The van der Waals surface area contributed by atoms with Crippen molar-refractivity contribution in [1.82, 2.24) is 9.97 Å². The molecule has 0 aliphatic carbocycles. The Morgan fingerprint density at radius 2 is 1.58 bits per heavy atom. The third-order valence-electron chi connectivity index (χ3n) is 4.03. The molecular formula is C20H20F2N2OS. The lowest BCUT2D eigenvalue weighted by atomic mass is 10.0. The Balaban J connectivity index is 1.61. The second-order valence-corrected chi connectivity index (χ2v) is 6.99. The van der Waals surface area contributed by atoms with Gasteiger partial charge in [0.1, 0.15) is 17.7 Å². The summed E-state index contributed by atoms with van der Waals surface area (Å²) in [6, 6.07) is 12.4. The van der Waals surface area contributed by atoms with Crippen LogP contribution in [0.15, 0.2) is 54.9 Å². The van der Waals surface area contributed by atoms with Crippen LogP contribution in [0.2, 0.25) is 0 Å². The summed E-state index contributed by atoms with van der Waals surface area (Å²) in [5, 5.41) is 0. The van der Waals surface area contributed by atoms with Gasteiger partial charge in [-0.05, 0) is 42.3 Å². The average Bonchev–Trinajstić information content (AvgIpc) is 3.05. The van der Waals surface area contributed by atoms with Crippen LogP contribution in [-0.4, -0.2) is 22.3 Å². The van der Waals surface area contributed by atoms with Crippen molar-refractivity contribution in [1.29, 1.82) is 0 Å². The van der Waals surface area contributed by atoms with Crippen LogP contribution in [0.4, 0.5) is 8.78 Å². The summed E-state index contributed by atoms with van der Waals surface area (Å²) in [5.74, 6) is 1.02. The number of thioether (sulfide) groups is 1. The second-order valence-electron chi connectivity index (χ2n) is 5.88. The zero-order valence-corrected chi connectivity index (χ0v) is 15.2. The minimum atomic E-state index is -0.357. The number of nitrogens with zero attached hydrogens (tertiary/aromatic N) is 1. The van der Waals surface area contributed by atoms with E-state index in [2.05, 4.69) is 9.97 Å². The smallest absolute Gasteiger partial charge is 0.123 e. The number of aromatic amines is 1. The molecule has 1 aromatic heterocycles. The quantitative estimate of drug-likeness (QED) is 0.562. The maximum absolute atomic E-state index is 13.2. The number of halogens is 2. The molecule has 3 aromatic rings. The maximum Gasteiger partial charge on any atom is 0.123 e. The third-order valence-corrected chi connectivity index (χ3v) is 4.96. The van der Waals surface area contributed by atoms with E-state index in [9.17, 15) is 8.78 Å². The lowest BCUT2D eigenvalue weighted by molar-refractivity contribution is 0.0934. The highest BCUT2D eigenvalue weighted by atomic mass is 32.2. The molecule has 1 N–H and O–H groups in total. The topological polar surface area (TPSA) is 37.9 Å². The van der Waals surface area contributed by atoms with Crippen LogP contribution < -0.4 is 0 Å². The van der Waals surface area contributed by atoms with Crippen LogP contribution in [0.5, 0.6) is 0 Å². The van der Waals surface area contributed by atoms with E-state index in [1.54, 1.807) is 42.4 Å². The van der Waals surface area contributed by atoms with E-state index in [4.69, 9.17) is 4.74 Å². The summed E-state index contributed by atoms with van der Waals surface area (Å²) in [4.78, 5) is 7.33. The van der Waals surface area contributed by atoms with Crippen LogP contribution in [0.3, 0.4) is 0 Å². The molecule has 0 unspecified atom stereocenters. The SMILES string of the molecule is Cc1[nH]cnc1CSCCOC(c1ccc(F)cc1)c1ccc(F)cc1. The van der Waals surface area contributed by atoms with E-state index in [0.717, 1.165) is 34.0 Å². The van der Waals surface area contributed by atoms with Gasteiger partial charge in [0, 0.05) is 17.2 Å². The van der Waals surface area contributed by atoms with Gasteiger partial charge in [0.15, 0.2) is 0 Å². The summed E-state index contributed by atoms with van der Waals surface area (Å²) < 4.78 is 32.5. The van der Waals surface area contributed by atoms with Gasteiger partial charge in [-0.15, -0.1) is 0 Å². The molecule has 136 valence electrons. The molecule has 0 fully saturated rings. The molecule has 2 aromatic carbocycles. The van der Waals surface area contributed by atoms with Gasteiger partial charge in [-0.25, -0.2) is 13.8 Å². The predicted molar refractivity (Wildman–Crippen MR) is 100 cm³/mol. The van der Waals surface area contributed by atoms with E-state index in [-0.39, 0.29) is 17.7 Å². The second kappa shape index (κ2) is 8.96. The van der Waals surface area contributed by atoms with Crippen molar-refractivity contribution < 1.29 is 13.5 Å². The van der Waals surface area contributed by atoms with E-state index < -0.39 is 0 Å². The molecule has 0 atom stereocenters. The van der Waals surface area contributed by atoms with Crippen molar-refractivity contribution in [2.75, 3.05) is 12.4 Å². The number of imidazole rings is 1. The number of aromatic nitrogens is 2. The Kier molecular flexibility index (Phi) is 6.41. The first kappa shape index (κ1) is 18.6.